The molecule has 0 amide bonds. The van der Waals surface area contributed by atoms with Gasteiger partial charge in [0.15, 0.2) is 0 Å². The Morgan fingerprint density at radius 1 is 1.71 bits per heavy atom. The summed E-state index contributed by atoms with van der Waals surface area (Å²) in [5.41, 5.74) is 2.92. The van der Waals surface area contributed by atoms with Crippen LogP contribution in [0.1, 0.15) is 40.0 Å². The summed E-state index contributed by atoms with van der Waals surface area (Å²) in [7, 11) is 0. The van der Waals surface area contributed by atoms with Crippen LogP contribution in [0.5, 0.6) is 0 Å². The minimum atomic E-state index is 0.236. The molecule has 0 radical (unpaired) electrons. The largest absolute Gasteiger partial charge is 0.303 e. The molecule has 0 saturated carbocycles. The van der Waals surface area contributed by atoms with Crippen LogP contribution in [0.25, 0.3) is 0 Å². The monoisotopic (exact) mass is 192 g/mol. The van der Waals surface area contributed by atoms with Crippen molar-refractivity contribution in [2.45, 2.75) is 40.0 Å². The lowest BCUT2D eigenvalue weighted by atomic mass is 9.73. The molecule has 14 heavy (non-hydrogen) atoms. The molecule has 0 spiro atoms. The Labute approximate surface area is 86.9 Å². The lowest BCUT2D eigenvalue weighted by Gasteiger charge is -2.31. The first-order valence-electron chi connectivity index (χ1n) is 5.28. The second-order valence-electron chi connectivity index (χ2n) is 4.76. The third-order valence-corrected chi connectivity index (χ3v) is 3.62. The van der Waals surface area contributed by atoms with E-state index in [0.29, 0.717) is 12.3 Å². The number of aldehydes is 1. The maximum Gasteiger partial charge on any atom is 0.120 e. The van der Waals surface area contributed by atoms with E-state index in [0.717, 1.165) is 19.1 Å². The maximum absolute atomic E-state index is 10.3. The summed E-state index contributed by atoms with van der Waals surface area (Å²) in [4.78, 5) is 10.3. The third kappa shape index (κ3) is 1.97. The highest BCUT2D eigenvalue weighted by Crippen LogP contribution is 2.46. The van der Waals surface area contributed by atoms with Gasteiger partial charge >= 0.3 is 0 Å². The van der Waals surface area contributed by atoms with E-state index in [1.165, 1.54) is 11.1 Å². The smallest absolute Gasteiger partial charge is 0.120 e. The number of allylic oxidation sites excluding steroid dienone is 3. The molecule has 0 fully saturated rings. The Kier molecular flexibility index (Phi) is 3.30. The molecule has 1 aliphatic carbocycles. The van der Waals surface area contributed by atoms with Crippen LogP contribution < -0.4 is 0 Å². The van der Waals surface area contributed by atoms with Gasteiger partial charge in [0.25, 0.3) is 0 Å². The Balaban J connectivity index is 2.64. The predicted octanol–water partition coefficient (Wildman–Crippen LogP) is 3.51. The van der Waals surface area contributed by atoms with Crippen molar-refractivity contribution in [3.8, 4) is 0 Å². The maximum atomic E-state index is 10.3. The molecule has 0 unspecified atom stereocenters. The van der Waals surface area contributed by atoms with Crippen molar-refractivity contribution < 1.29 is 4.79 Å². The van der Waals surface area contributed by atoms with Crippen molar-refractivity contribution in [3.05, 3.63) is 23.8 Å². The molecule has 0 aromatic rings. The highest BCUT2D eigenvalue weighted by atomic mass is 16.1. The van der Waals surface area contributed by atoms with Gasteiger partial charge in [0.2, 0.25) is 0 Å². The molecular weight excluding hydrogens is 172 g/mol. The van der Waals surface area contributed by atoms with Gasteiger partial charge in [-0.15, -0.1) is 0 Å². The van der Waals surface area contributed by atoms with Crippen molar-refractivity contribution >= 4 is 6.29 Å². The normalized spacial score (nSPS) is 24.5. The number of carbonyl (C=O) groups is 1. The molecule has 1 rings (SSSR count). The number of hydrogen-bond acceptors (Lipinski definition) is 1. The quantitative estimate of drug-likeness (QED) is 0.492. The SMILES string of the molecule is C=C(CCC=O)[C@H]1CC=C(C)C1(C)C. The molecule has 0 aliphatic heterocycles. The summed E-state index contributed by atoms with van der Waals surface area (Å²) >= 11 is 0. The first-order valence-corrected chi connectivity index (χ1v) is 5.28. The van der Waals surface area contributed by atoms with Crippen molar-refractivity contribution in [1.29, 1.82) is 0 Å². The highest BCUT2D eigenvalue weighted by Gasteiger charge is 2.35. The molecular formula is C13H20O. The van der Waals surface area contributed by atoms with Crippen LogP contribution in [0, 0.1) is 11.3 Å². The molecule has 0 aromatic carbocycles. The third-order valence-electron chi connectivity index (χ3n) is 3.62. The first-order chi connectivity index (χ1) is 6.50. The van der Waals surface area contributed by atoms with E-state index >= 15 is 0 Å². The zero-order chi connectivity index (χ0) is 10.8. The molecule has 0 N–H and O–H groups in total. The zero-order valence-electron chi connectivity index (χ0n) is 9.47. The summed E-state index contributed by atoms with van der Waals surface area (Å²) in [6, 6.07) is 0. The van der Waals surface area contributed by atoms with E-state index in [-0.39, 0.29) is 5.41 Å². The Morgan fingerprint density at radius 3 is 2.79 bits per heavy atom. The lowest BCUT2D eigenvalue weighted by Crippen LogP contribution is -2.21. The molecule has 0 bridgehead atoms. The standard InChI is InChI=1S/C13H20O/c1-10(6-5-9-14)12-8-7-11(2)13(12,3)4/h7,9,12H,1,5-6,8H2,2-4H3/t12-/m1/s1. The number of carbonyl (C=O) groups excluding carboxylic acids is 1. The summed E-state index contributed by atoms with van der Waals surface area (Å²) in [6.07, 6.45) is 5.84. The van der Waals surface area contributed by atoms with E-state index in [1.807, 2.05) is 0 Å². The van der Waals surface area contributed by atoms with Gasteiger partial charge in [-0.05, 0) is 31.1 Å². The Bertz CT molecular complexity index is 271. The number of rotatable bonds is 4. The molecule has 1 atom stereocenters. The van der Waals surface area contributed by atoms with Crippen LogP contribution in [-0.4, -0.2) is 6.29 Å². The first kappa shape index (κ1) is 11.2. The molecule has 0 aromatic heterocycles. The van der Waals surface area contributed by atoms with Crippen LogP contribution in [0.4, 0.5) is 0 Å². The number of hydrogen-bond donors (Lipinski definition) is 0. The fraction of sp³-hybridized carbons (Fsp3) is 0.615. The summed E-state index contributed by atoms with van der Waals surface area (Å²) in [5.74, 6) is 0.530. The Morgan fingerprint density at radius 2 is 2.36 bits per heavy atom. The summed E-state index contributed by atoms with van der Waals surface area (Å²) < 4.78 is 0. The van der Waals surface area contributed by atoms with E-state index in [2.05, 4.69) is 33.4 Å². The van der Waals surface area contributed by atoms with Gasteiger partial charge in [0.1, 0.15) is 6.29 Å². The topological polar surface area (TPSA) is 17.1 Å². The molecule has 1 nitrogen and oxygen atoms in total. The fourth-order valence-electron chi connectivity index (χ4n) is 2.22. The van der Waals surface area contributed by atoms with E-state index in [1.54, 1.807) is 0 Å². The van der Waals surface area contributed by atoms with Crippen molar-refractivity contribution in [2.75, 3.05) is 0 Å². The van der Waals surface area contributed by atoms with E-state index < -0.39 is 0 Å². The van der Waals surface area contributed by atoms with Crippen LogP contribution >= 0.6 is 0 Å². The van der Waals surface area contributed by atoms with Crippen molar-refractivity contribution in [3.63, 3.8) is 0 Å². The van der Waals surface area contributed by atoms with Crippen LogP contribution in [0.3, 0.4) is 0 Å². The minimum Gasteiger partial charge on any atom is -0.303 e. The molecule has 0 saturated heterocycles. The lowest BCUT2D eigenvalue weighted by molar-refractivity contribution is -0.107. The average Bonchev–Trinajstić information content (AvgIpc) is 2.38. The average molecular weight is 192 g/mol. The van der Waals surface area contributed by atoms with Gasteiger partial charge in [0, 0.05) is 6.42 Å². The van der Waals surface area contributed by atoms with Gasteiger partial charge in [-0.2, -0.15) is 0 Å². The second-order valence-corrected chi connectivity index (χ2v) is 4.76. The molecule has 0 heterocycles. The van der Waals surface area contributed by atoms with Crippen molar-refractivity contribution in [1.82, 2.24) is 0 Å². The van der Waals surface area contributed by atoms with Crippen LogP contribution in [0.2, 0.25) is 0 Å². The van der Waals surface area contributed by atoms with Gasteiger partial charge in [0.05, 0.1) is 0 Å². The van der Waals surface area contributed by atoms with Gasteiger partial charge in [-0.1, -0.05) is 37.6 Å². The molecule has 1 aliphatic rings. The highest BCUT2D eigenvalue weighted by molar-refractivity contribution is 5.50. The molecule has 1 heteroatoms. The summed E-state index contributed by atoms with van der Waals surface area (Å²) in [5, 5.41) is 0. The predicted molar refractivity (Wildman–Crippen MR) is 60.1 cm³/mol. The van der Waals surface area contributed by atoms with Crippen LogP contribution in [0.15, 0.2) is 23.8 Å². The summed E-state index contributed by atoms with van der Waals surface area (Å²) in [6.45, 7) is 10.8. The minimum absolute atomic E-state index is 0.236. The van der Waals surface area contributed by atoms with Crippen molar-refractivity contribution in [2.24, 2.45) is 11.3 Å². The van der Waals surface area contributed by atoms with Gasteiger partial charge in [-0.25, -0.2) is 0 Å². The van der Waals surface area contributed by atoms with Gasteiger partial charge < -0.3 is 4.79 Å². The van der Waals surface area contributed by atoms with Crippen LogP contribution in [-0.2, 0) is 4.79 Å². The Hall–Kier alpha value is -0.850. The fourth-order valence-corrected chi connectivity index (χ4v) is 2.22. The van der Waals surface area contributed by atoms with E-state index in [4.69, 9.17) is 0 Å². The van der Waals surface area contributed by atoms with E-state index in [9.17, 15) is 4.79 Å². The van der Waals surface area contributed by atoms with Gasteiger partial charge in [-0.3, -0.25) is 0 Å². The zero-order valence-corrected chi connectivity index (χ0v) is 9.47. The second kappa shape index (κ2) is 4.12. The molecule has 78 valence electrons.